The minimum absolute atomic E-state index is 0.182. The minimum atomic E-state index is -3.56. The van der Waals surface area contributed by atoms with Gasteiger partial charge in [0.05, 0.1) is 18.9 Å². The monoisotopic (exact) mass is 339 g/mol. The molecule has 0 aliphatic carbocycles. The standard InChI is InChI=1S/C11H18ClN3O3S2/c1-8(7-15-3-5-18-6-4-15)14-20(16,17)10-9(2)13-11(12)19-10/h8,14H,3-7H2,1-2H3. The van der Waals surface area contributed by atoms with Crippen molar-refractivity contribution < 1.29 is 13.2 Å². The van der Waals surface area contributed by atoms with Gasteiger partial charge in [-0.05, 0) is 13.8 Å². The number of thiazole rings is 1. The van der Waals surface area contributed by atoms with Crippen LogP contribution in [0, 0.1) is 6.92 Å². The summed E-state index contributed by atoms with van der Waals surface area (Å²) in [6, 6.07) is -0.182. The van der Waals surface area contributed by atoms with Crippen molar-refractivity contribution in [3.63, 3.8) is 0 Å². The van der Waals surface area contributed by atoms with Gasteiger partial charge in [-0.1, -0.05) is 22.9 Å². The van der Waals surface area contributed by atoms with E-state index in [1.807, 2.05) is 6.92 Å². The van der Waals surface area contributed by atoms with Crippen LogP contribution in [0.5, 0.6) is 0 Å². The van der Waals surface area contributed by atoms with Gasteiger partial charge in [0.2, 0.25) is 0 Å². The molecule has 1 fully saturated rings. The van der Waals surface area contributed by atoms with Crippen LogP contribution in [-0.2, 0) is 14.8 Å². The summed E-state index contributed by atoms with van der Waals surface area (Å²) in [5, 5.41) is 0. The lowest BCUT2D eigenvalue weighted by Crippen LogP contribution is -2.45. The number of nitrogens with zero attached hydrogens (tertiary/aromatic N) is 2. The molecular formula is C11H18ClN3O3S2. The fraction of sp³-hybridized carbons (Fsp3) is 0.727. The fourth-order valence-electron chi connectivity index (χ4n) is 2.13. The third-order valence-electron chi connectivity index (χ3n) is 2.96. The molecule has 1 N–H and O–H groups in total. The average molecular weight is 340 g/mol. The Bertz CT molecular complexity index is 555. The van der Waals surface area contributed by atoms with E-state index in [1.165, 1.54) is 0 Å². The second-order valence-corrected chi connectivity index (χ2v) is 8.27. The molecule has 114 valence electrons. The van der Waals surface area contributed by atoms with Crippen molar-refractivity contribution in [1.82, 2.24) is 14.6 Å². The Morgan fingerprint density at radius 3 is 2.70 bits per heavy atom. The van der Waals surface area contributed by atoms with Crippen LogP contribution in [0.25, 0.3) is 0 Å². The van der Waals surface area contributed by atoms with Crippen LogP contribution in [0.15, 0.2) is 4.21 Å². The second-order valence-electron chi connectivity index (χ2n) is 4.78. The van der Waals surface area contributed by atoms with Gasteiger partial charge in [-0.2, -0.15) is 0 Å². The zero-order valence-electron chi connectivity index (χ0n) is 11.4. The van der Waals surface area contributed by atoms with Gasteiger partial charge in [0.25, 0.3) is 10.0 Å². The highest BCUT2D eigenvalue weighted by Crippen LogP contribution is 2.26. The maximum absolute atomic E-state index is 12.3. The molecule has 6 nitrogen and oxygen atoms in total. The Balaban J connectivity index is 1.98. The number of sulfonamides is 1. The average Bonchev–Trinajstić information content (AvgIpc) is 2.69. The van der Waals surface area contributed by atoms with Crippen molar-refractivity contribution in [2.45, 2.75) is 24.1 Å². The maximum atomic E-state index is 12.3. The zero-order valence-corrected chi connectivity index (χ0v) is 13.8. The number of morpholine rings is 1. The molecule has 0 radical (unpaired) electrons. The molecule has 0 amide bonds. The number of halogens is 1. The number of aromatic nitrogens is 1. The molecule has 0 aromatic carbocycles. The predicted molar refractivity (Wildman–Crippen MR) is 78.9 cm³/mol. The summed E-state index contributed by atoms with van der Waals surface area (Å²) in [5.74, 6) is 0. The molecule has 0 spiro atoms. The maximum Gasteiger partial charge on any atom is 0.252 e. The molecule has 1 aromatic rings. The lowest BCUT2D eigenvalue weighted by atomic mass is 10.3. The summed E-state index contributed by atoms with van der Waals surface area (Å²) < 4.78 is 32.9. The summed E-state index contributed by atoms with van der Waals surface area (Å²) in [6.45, 7) is 7.21. The van der Waals surface area contributed by atoms with Gasteiger partial charge < -0.3 is 4.74 Å². The molecule has 1 atom stereocenters. The fourth-order valence-corrected chi connectivity index (χ4v) is 5.12. The Morgan fingerprint density at radius 2 is 2.15 bits per heavy atom. The molecule has 2 heterocycles. The summed E-state index contributed by atoms with van der Waals surface area (Å²) in [5.41, 5.74) is 0.436. The first-order valence-electron chi connectivity index (χ1n) is 6.34. The van der Waals surface area contributed by atoms with Crippen molar-refractivity contribution in [3.8, 4) is 0 Å². The molecule has 0 saturated carbocycles. The van der Waals surface area contributed by atoms with Crippen molar-refractivity contribution in [2.75, 3.05) is 32.8 Å². The molecule has 1 aliphatic rings. The Morgan fingerprint density at radius 1 is 1.50 bits per heavy atom. The quantitative estimate of drug-likeness (QED) is 0.870. The first-order chi connectivity index (χ1) is 9.38. The van der Waals surface area contributed by atoms with Gasteiger partial charge in [0.1, 0.15) is 0 Å². The molecule has 2 rings (SSSR count). The molecule has 1 saturated heterocycles. The summed E-state index contributed by atoms with van der Waals surface area (Å²) >= 11 is 6.74. The Kier molecular flexibility index (Phi) is 5.38. The van der Waals surface area contributed by atoms with Gasteiger partial charge in [-0.15, -0.1) is 0 Å². The highest BCUT2D eigenvalue weighted by molar-refractivity contribution is 7.91. The van der Waals surface area contributed by atoms with Crippen LogP contribution in [-0.4, -0.2) is 57.2 Å². The van der Waals surface area contributed by atoms with E-state index in [4.69, 9.17) is 16.3 Å². The van der Waals surface area contributed by atoms with E-state index in [1.54, 1.807) is 6.92 Å². The van der Waals surface area contributed by atoms with Crippen LogP contribution in [0.2, 0.25) is 4.47 Å². The van der Waals surface area contributed by atoms with E-state index in [0.717, 1.165) is 24.4 Å². The van der Waals surface area contributed by atoms with Crippen LogP contribution in [0.4, 0.5) is 0 Å². The molecule has 1 aliphatic heterocycles. The van der Waals surface area contributed by atoms with E-state index in [0.29, 0.717) is 25.5 Å². The topological polar surface area (TPSA) is 71.5 Å². The van der Waals surface area contributed by atoms with E-state index in [-0.39, 0.29) is 14.7 Å². The predicted octanol–water partition coefficient (Wildman–Crippen LogP) is 1.10. The van der Waals surface area contributed by atoms with Crippen LogP contribution >= 0.6 is 22.9 Å². The number of ether oxygens (including phenoxy) is 1. The van der Waals surface area contributed by atoms with Crippen LogP contribution in [0.3, 0.4) is 0 Å². The third kappa shape index (κ3) is 4.12. The summed E-state index contributed by atoms with van der Waals surface area (Å²) in [4.78, 5) is 6.12. The van der Waals surface area contributed by atoms with E-state index < -0.39 is 10.0 Å². The van der Waals surface area contributed by atoms with Gasteiger partial charge >= 0.3 is 0 Å². The molecular weight excluding hydrogens is 322 g/mol. The Labute approximate surface area is 128 Å². The normalized spacial score (nSPS) is 19.1. The SMILES string of the molecule is Cc1nc(Cl)sc1S(=O)(=O)NC(C)CN1CCOCC1. The molecule has 0 bridgehead atoms. The lowest BCUT2D eigenvalue weighted by molar-refractivity contribution is 0.0354. The van der Waals surface area contributed by atoms with E-state index >= 15 is 0 Å². The smallest absolute Gasteiger partial charge is 0.252 e. The minimum Gasteiger partial charge on any atom is -0.379 e. The van der Waals surface area contributed by atoms with Gasteiger partial charge in [-0.3, -0.25) is 4.90 Å². The summed E-state index contributed by atoms with van der Waals surface area (Å²) in [7, 11) is -3.56. The van der Waals surface area contributed by atoms with Crippen molar-refractivity contribution in [2.24, 2.45) is 0 Å². The highest BCUT2D eigenvalue weighted by atomic mass is 35.5. The molecule has 1 aromatic heterocycles. The summed E-state index contributed by atoms with van der Waals surface area (Å²) in [6.07, 6.45) is 0. The number of aryl methyl sites for hydroxylation is 1. The van der Waals surface area contributed by atoms with Crippen molar-refractivity contribution >= 4 is 33.0 Å². The van der Waals surface area contributed by atoms with Gasteiger partial charge in [-0.25, -0.2) is 18.1 Å². The molecule has 20 heavy (non-hydrogen) atoms. The van der Waals surface area contributed by atoms with Crippen molar-refractivity contribution in [1.29, 1.82) is 0 Å². The number of hydrogen-bond acceptors (Lipinski definition) is 6. The lowest BCUT2D eigenvalue weighted by Gasteiger charge is -2.29. The van der Waals surface area contributed by atoms with E-state index in [2.05, 4.69) is 14.6 Å². The van der Waals surface area contributed by atoms with Crippen molar-refractivity contribution in [3.05, 3.63) is 10.2 Å². The third-order valence-corrected chi connectivity index (χ3v) is 6.43. The number of nitrogens with one attached hydrogen (secondary N) is 1. The Hall–Kier alpha value is -0.250. The van der Waals surface area contributed by atoms with Crippen LogP contribution < -0.4 is 4.72 Å². The largest absolute Gasteiger partial charge is 0.379 e. The molecule has 1 unspecified atom stereocenters. The number of hydrogen-bond donors (Lipinski definition) is 1. The molecule has 9 heteroatoms. The van der Waals surface area contributed by atoms with Gasteiger partial charge in [0.15, 0.2) is 8.68 Å². The van der Waals surface area contributed by atoms with Crippen LogP contribution in [0.1, 0.15) is 12.6 Å². The zero-order chi connectivity index (χ0) is 14.8. The second kappa shape index (κ2) is 6.67. The van der Waals surface area contributed by atoms with E-state index in [9.17, 15) is 8.42 Å². The first kappa shape index (κ1) is 16.1. The number of rotatable bonds is 5. The highest BCUT2D eigenvalue weighted by Gasteiger charge is 2.24. The first-order valence-corrected chi connectivity index (χ1v) is 9.01. The van der Waals surface area contributed by atoms with Gasteiger partial charge in [0, 0.05) is 25.7 Å².